The molecule has 5 heteroatoms. The van der Waals surface area contributed by atoms with Gasteiger partial charge >= 0.3 is 0 Å². The first-order valence-corrected chi connectivity index (χ1v) is 9.73. The van der Waals surface area contributed by atoms with Gasteiger partial charge in [0.1, 0.15) is 6.04 Å². The van der Waals surface area contributed by atoms with Crippen molar-refractivity contribution in [2.75, 3.05) is 24.5 Å². The molecule has 0 aromatic carbocycles. The van der Waals surface area contributed by atoms with E-state index in [1.54, 1.807) is 0 Å². The molecule has 0 N–H and O–H groups in total. The number of likely N-dealkylation sites (tertiary alicyclic amines) is 1. The molecule has 138 valence electrons. The molecule has 2 aliphatic heterocycles. The predicted octanol–water partition coefficient (Wildman–Crippen LogP) is 3.86. The van der Waals surface area contributed by atoms with Gasteiger partial charge in [-0.15, -0.1) is 0 Å². The summed E-state index contributed by atoms with van der Waals surface area (Å²) >= 11 is 0. The minimum absolute atomic E-state index is 0.0182. The molecule has 2 aromatic rings. The maximum Gasteiger partial charge on any atom is 0.116 e. The van der Waals surface area contributed by atoms with Crippen LogP contribution in [0.25, 0.3) is 11.3 Å². The van der Waals surface area contributed by atoms with E-state index in [9.17, 15) is 5.26 Å². The van der Waals surface area contributed by atoms with E-state index in [-0.39, 0.29) is 6.04 Å². The van der Waals surface area contributed by atoms with Crippen molar-refractivity contribution in [2.45, 2.75) is 31.7 Å². The third kappa shape index (κ3) is 3.52. The average molecular weight is 359 g/mol. The van der Waals surface area contributed by atoms with E-state index in [0.29, 0.717) is 5.92 Å². The summed E-state index contributed by atoms with van der Waals surface area (Å²) < 4.78 is 0. The van der Waals surface area contributed by atoms with Crippen LogP contribution in [0.3, 0.4) is 0 Å². The summed E-state index contributed by atoms with van der Waals surface area (Å²) in [6.07, 6.45) is 9.80. The number of nitrogens with zero attached hydrogens (tertiary/aromatic N) is 5. The van der Waals surface area contributed by atoms with Crippen molar-refractivity contribution in [2.24, 2.45) is 5.92 Å². The number of aromatic nitrogens is 2. The monoisotopic (exact) mass is 359 g/mol. The molecule has 1 atom stereocenters. The lowest BCUT2D eigenvalue weighted by molar-refractivity contribution is 0.297. The second-order valence-corrected chi connectivity index (χ2v) is 7.34. The summed E-state index contributed by atoms with van der Waals surface area (Å²) in [5, 5.41) is 9.36. The molecule has 0 spiro atoms. The van der Waals surface area contributed by atoms with Gasteiger partial charge in [0.2, 0.25) is 0 Å². The highest BCUT2D eigenvalue weighted by atomic mass is 15.2. The van der Waals surface area contributed by atoms with Gasteiger partial charge in [-0.1, -0.05) is 12.6 Å². The van der Waals surface area contributed by atoms with E-state index < -0.39 is 0 Å². The lowest BCUT2D eigenvalue weighted by atomic mass is 9.92. The van der Waals surface area contributed by atoms with E-state index in [4.69, 9.17) is 0 Å². The first kappa shape index (κ1) is 17.5. The number of pyridine rings is 2. The number of allylic oxidation sites excluding steroid dienone is 1. The van der Waals surface area contributed by atoms with Crippen molar-refractivity contribution in [1.29, 1.82) is 5.26 Å². The Kier molecular flexibility index (Phi) is 5.06. The molecule has 4 rings (SSSR count). The van der Waals surface area contributed by atoms with Gasteiger partial charge in [0, 0.05) is 49.2 Å². The van der Waals surface area contributed by atoms with Crippen LogP contribution in [-0.2, 0) is 0 Å². The minimum Gasteiger partial charge on any atom is -0.370 e. The zero-order valence-electron chi connectivity index (χ0n) is 15.6. The van der Waals surface area contributed by atoms with Gasteiger partial charge in [-0.05, 0) is 43.9 Å². The molecule has 0 radical (unpaired) electrons. The fourth-order valence-corrected chi connectivity index (χ4v) is 4.31. The van der Waals surface area contributed by atoms with Crippen molar-refractivity contribution >= 4 is 5.69 Å². The molecule has 1 unspecified atom stereocenters. The molecular formula is C22H25N5. The molecule has 5 nitrogen and oxygen atoms in total. The maximum atomic E-state index is 9.36. The predicted molar refractivity (Wildman–Crippen MR) is 107 cm³/mol. The number of piperidine rings is 1. The summed E-state index contributed by atoms with van der Waals surface area (Å²) in [6, 6.07) is 10.5. The normalized spacial score (nSPS) is 20.5. The number of anilines is 1. The van der Waals surface area contributed by atoms with Crippen molar-refractivity contribution in [1.82, 2.24) is 14.9 Å². The topological polar surface area (TPSA) is 56.1 Å². The van der Waals surface area contributed by atoms with Crippen molar-refractivity contribution < 1.29 is 0 Å². The molecule has 2 saturated heterocycles. The van der Waals surface area contributed by atoms with Crippen LogP contribution in [0.1, 0.15) is 25.7 Å². The highest BCUT2D eigenvalue weighted by molar-refractivity contribution is 5.75. The molecule has 0 amide bonds. The molecule has 0 saturated carbocycles. The summed E-state index contributed by atoms with van der Waals surface area (Å²) in [7, 11) is 0. The van der Waals surface area contributed by atoms with Crippen LogP contribution >= 0.6 is 0 Å². The standard InChI is InChI=1S/C22H25N5/c1-17(27-12-4-5-19(27)15-23)18-8-13-26(14-9-18)22-16-24-11-7-20(22)21-6-2-3-10-25-21/h2-3,6-7,10-11,16,18-19H,1,4-5,8-9,12-14H2. The molecule has 27 heavy (non-hydrogen) atoms. The summed E-state index contributed by atoms with van der Waals surface area (Å²) in [4.78, 5) is 13.5. The Morgan fingerprint density at radius 1 is 1.11 bits per heavy atom. The van der Waals surface area contributed by atoms with E-state index >= 15 is 0 Å². The fraction of sp³-hybridized carbons (Fsp3) is 0.409. The van der Waals surface area contributed by atoms with Gasteiger partial charge in [0.05, 0.1) is 23.6 Å². The lowest BCUT2D eigenvalue weighted by Crippen LogP contribution is -2.38. The largest absolute Gasteiger partial charge is 0.370 e. The van der Waals surface area contributed by atoms with Gasteiger partial charge in [0.15, 0.2) is 0 Å². The average Bonchev–Trinajstić information content (AvgIpc) is 3.23. The first-order chi connectivity index (χ1) is 13.3. The van der Waals surface area contributed by atoms with Crippen LogP contribution in [-0.4, -0.2) is 40.5 Å². The molecule has 2 aromatic heterocycles. The molecule has 0 bridgehead atoms. The van der Waals surface area contributed by atoms with Gasteiger partial charge in [-0.2, -0.15) is 5.26 Å². The van der Waals surface area contributed by atoms with Gasteiger partial charge < -0.3 is 9.80 Å². The smallest absolute Gasteiger partial charge is 0.116 e. The number of hydrogen-bond donors (Lipinski definition) is 0. The molecule has 4 heterocycles. The Labute approximate surface area is 161 Å². The Balaban J connectivity index is 1.46. The van der Waals surface area contributed by atoms with E-state index in [1.807, 2.05) is 42.9 Å². The molecule has 0 aliphatic carbocycles. The maximum absolute atomic E-state index is 9.36. The number of hydrogen-bond acceptors (Lipinski definition) is 5. The second kappa shape index (κ2) is 7.79. The molecular weight excluding hydrogens is 334 g/mol. The molecule has 2 aliphatic rings. The number of rotatable bonds is 4. The third-order valence-electron chi connectivity index (χ3n) is 5.82. The van der Waals surface area contributed by atoms with Crippen LogP contribution in [0.2, 0.25) is 0 Å². The highest BCUT2D eigenvalue weighted by Gasteiger charge is 2.31. The van der Waals surface area contributed by atoms with E-state index in [2.05, 4.69) is 32.4 Å². The summed E-state index contributed by atoms with van der Waals surface area (Å²) in [5.74, 6) is 0.463. The number of nitriles is 1. The Hall–Kier alpha value is -2.87. The lowest BCUT2D eigenvalue weighted by Gasteiger charge is -2.38. The van der Waals surface area contributed by atoms with Crippen LogP contribution in [0.5, 0.6) is 0 Å². The van der Waals surface area contributed by atoms with Crippen molar-refractivity contribution in [3.63, 3.8) is 0 Å². The van der Waals surface area contributed by atoms with Crippen LogP contribution in [0.4, 0.5) is 5.69 Å². The van der Waals surface area contributed by atoms with Crippen LogP contribution < -0.4 is 4.90 Å². The zero-order chi connectivity index (χ0) is 18.6. The van der Waals surface area contributed by atoms with Crippen molar-refractivity contribution in [3.8, 4) is 17.3 Å². The van der Waals surface area contributed by atoms with E-state index in [0.717, 1.165) is 68.0 Å². The summed E-state index contributed by atoms with van der Waals surface area (Å²) in [6.45, 7) is 7.28. The minimum atomic E-state index is 0.0182. The SMILES string of the molecule is C=C(C1CCN(c2cnccc2-c2ccccn2)CC1)N1CCCC1C#N. The Morgan fingerprint density at radius 3 is 2.70 bits per heavy atom. The highest BCUT2D eigenvalue weighted by Crippen LogP contribution is 2.35. The van der Waals surface area contributed by atoms with Gasteiger partial charge in [-0.25, -0.2) is 0 Å². The zero-order valence-corrected chi connectivity index (χ0v) is 15.6. The third-order valence-corrected chi connectivity index (χ3v) is 5.82. The quantitative estimate of drug-likeness (QED) is 0.830. The molecule has 2 fully saturated rings. The van der Waals surface area contributed by atoms with Crippen LogP contribution in [0, 0.1) is 17.2 Å². The van der Waals surface area contributed by atoms with E-state index in [1.165, 1.54) is 0 Å². The van der Waals surface area contributed by atoms with Gasteiger partial charge in [0.25, 0.3) is 0 Å². The van der Waals surface area contributed by atoms with Crippen molar-refractivity contribution in [3.05, 3.63) is 55.1 Å². The Morgan fingerprint density at radius 2 is 1.96 bits per heavy atom. The Bertz CT molecular complexity index is 833. The van der Waals surface area contributed by atoms with Gasteiger partial charge in [-0.3, -0.25) is 9.97 Å². The van der Waals surface area contributed by atoms with Crippen LogP contribution in [0.15, 0.2) is 55.1 Å². The second-order valence-electron chi connectivity index (χ2n) is 7.34. The first-order valence-electron chi connectivity index (χ1n) is 9.73. The fourth-order valence-electron chi connectivity index (χ4n) is 4.31. The summed E-state index contributed by atoms with van der Waals surface area (Å²) in [5.41, 5.74) is 4.42.